The van der Waals surface area contributed by atoms with Crippen LogP contribution in [0.15, 0.2) is 24.3 Å². The lowest BCUT2D eigenvalue weighted by Crippen LogP contribution is -2.47. The minimum Gasteiger partial charge on any atom is -0.497 e. The zero-order valence-electron chi connectivity index (χ0n) is 13.3. The monoisotopic (exact) mass is 290 g/mol. The maximum Gasteiger partial charge on any atom is 0.217 e. The maximum absolute atomic E-state index is 11.2. The summed E-state index contributed by atoms with van der Waals surface area (Å²) in [5.74, 6) is 1.45. The van der Waals surface area contributed by atoms with Crippen molar-refractivity contribution in [1.29, 1.82) is 0 Å². The lowest BCUT2D eigenvalue weighted by Gasteiger charge is -2.34. The molecule has 2 atom stereocenters. The van der Waals surface area contributed by atoms with Crippen molar-refractivity contribution in [3.05, 3.63) is 29.8 Å². The van der Waals surface area contributed by atoms with Crippen molar-refractivity contribution in [2.75, 3.05) is 26.7 Å². The van der Waals surface area contributed by atoms with Gasteiger partial charge in [0.05, 0.1) is 7.11 Å². The van der Waals surface area contributed by atoms with Crippen molar-refractivity contribution >= 4 is 5.91 Å². The van der Waals surface area contributed by atoms with Crippen molar-refractivity contribution in [2.24, 2.45) is 0 Å². The number of hydrogen-bond acceptors (Lipinski definition) is 3. The van der Waals surface area contributed by atoms with Gasteiger partial charge in [0.25, 0.3) is 0 Å². The van der Waals surface area contributed by atoms with Gasteiger partial charge < -0.3 is 15.0 Å². The predicted octanol–water partition coefficient (Wildman–Crippen LogP) is 2.40. The van der Waals surface area contributed by atoms with Crippen LogP contribution in [-0.2, 0) is 4.79 Å². The first kappa shape index (κ1) is 15.8. The second-order valence-corrected chi connectivity index (χ2v) is 5.97. The van der Waals surface area contributed by atoms with Gasteiger partial charge in [0.15, 0.2) is 0 Å². The molecular weight excluding hydrogens is 264 g/mol. The van der Waals surface area contributed by atoms with E-state index in [4.69, 9.17) is 4.74 Å². The highest BCUT2D eigenvalue weighted by Gasteiger charge is 2.22. The van der Waals surface area contributed by atoms with Crippen LogP contribution in [-0.4, -0.2) is 43.6 Å². The Labute approximate surface area is 127 Å². The van der Waals surface area contributed by atoms with Gasteiger partial charge in [-0.3, -0.25) is 4.79 Å². The molecule has 1 amide bonds. The smallest absolute Gasteiger partial charge is 0.217 e. The molecule has 0 radical (unpaired) electrons. The van der Waals surface area contributed by atoms with Gasteiger partial charge in [-0.1, -0.05) is 19.1 Å². The van der Waals surface area contributed by atoms with Crippen LogP contribution < -0.4 is 10.1 Å². The van der Waals surface area contributed by atoms with Gasteiger partial charge in [0, 0.05) is 26.1 Å². The van der Waals surface area contributed by atoms with Gasteiger partial charge in [-0.25, -0.2) is 0 Å². The topological polar surface area (TPSA) is 41.6 Å². The average molecular weight is 290 g/mol. The summed E-state index contributed by atoms with van der Waals surface area (Å²) in [6.45, 7) is 6.96. The number of nitrogens with one attached hydrogen (secondary N) is 1. The van der Waals surface area contributed by atoms with Gasteiger partial charge >= 0.3 is 0 Å². The Balaban J connectivity index is 1.88. The van der Waals surface area contributed by atoms with E-state index in [1.54, 1.807) is 14.0 Å². The Morgan fingerprint density at radius 3 is 2.76 bits per heavy atom. The molecule has 4 heteroatoms. The van der Waals surface area contributed by atoms with Crippen LogP contribution in [0.1, 0.15) is 38.2 Å². The van der Waals surface area contributed by atoms with Crippen LogP contribution in [0.3, 0.4) is 0 Å². The minimum atomic E-state index is 0.0741. The van der Waals surface area contributed by atoms with Gasteiger partial charge in [0.2, 0.25) is 5.91 Å². The summed E-state index contributed by atoms with van der Waals surface area (Å²) < 4.78 is 5.20. The number of carbonyl (C=O) groups excluding carboxylic acids is 1. The van der Waals surface area contributed by atoms with Crippen LogP contribution >= 0.6 is 0 Å². The maximum atomic E-state index is 11.2. The Bertz CT molecular complexity index is 458. The number of nitrogens with zero attached hydrogens (tertiary/aromatic N) is 1. The first-order chi connectivity index (χ1) is 10.1. The fourth-order valence-electron chi connectivity index (χ4n) is 3.05. The molecule has 4 nitrogen and oxygen atoms in total. The van der Waals surface area contributed by atoms with Gasteiger partial charge in [0.1, 0.15) is 5.75 Å². The largest absolute Gasteiger partial charge is 0.497 e. The molecule has 0 spiro atoms. The fourth-order valence-corrected chi connectivity index (χ4v) is 3.05. The molecule has 0 saturated carbocycles. The third-order valence-electron chi connectivity index (χ3n) is 4.13. The summed E-state index contributed by atoms with van der Waals surface area (Å²) in [5, 5.41) is 3.04. The number of rotatable bonds is 5. The number of hydrogen-bond donors (Lipinski definition) is 1. The second-order valence-electron chi connectivity index (χ2n) is 5.97. The molecule has 0 aliphatic carbocycles. The summed E-state index contributed by atoms with van der Waals surface area (Å²) in [7, 11) is 1.69. The van der Waals surface area contributed by atoms with Crippen LogP contribution in [0.4, 0.5) is 0 Å². The summed E-state index contributed by atoms with van der Waals surface area (Å²) in [6, 6.07) is 8.61. The Hall–Kier alpha value is -1.55. The molecule has 1 aliphatic rings. The van der Waals surface area contributed by atoms with Gasteiger partial charge in [-0.2, -0.15) is 0 Å². The molecular formula is C17H26N2O2. The van der Waals surface area contributed by atoms with Crippen LogP contribution in [0.25, 0.3) is 0 Å². The Morgan fingerprint density at radius 1 is 1.43 bits per heavy atom. The third-order valence-corrected chi connectivity index (χ3v) is 4.13. The highest BCUT2D eigenvalue weighted by atomic mass is 16.5. The number of likely N-dealkylation sites (tertiary alicyclic amines) is 1. The molecule has 1 heterocycles. The zero-order valence-corrected chi connectivity index (χ0v) is 13.3. The summed E-state index contributed by atoms with van der Waals surface area (Å²) in [5.41, 5.74) is 1.33. The number of carbonyl (C=O) groups is 1. The van der Waals surface area contributed by atoms with Crippen molar-refractivity contribution in [3.63, 3.8) is 0 Å². The molecule has 1 fully saturated rings. The number of ether oxygens (including phenoxy) is 1. The van der Waals surface area contributed by atoms with Crippen molar-refractivity contribution in [2.45, 2.75) is 38.6 Å². The van der Waals surface area contributed by atoms with Crippen molar-refractivity contribution in [3.8, 4) is 5.75 Å². The zero-order chi connectivity index (χ0) is 15.2. The SMILES string of the molecule is COc1ccc([C@H](C)CN2CCC[C@@H](NC(C)=O)C2)cc1. The molecule has 21 heavy (non-hydrogen) atoms. The van der Waals surface area contributed by atoms with E-state index in [0.29, 0.717) is 12.0 Å². The Morgan fingerprint density at radius 2 is 2.14 bits per heavy atom. The molecule has 1 aromatic rings. The summed E-state index contributed by atoms with van der Waals surface area (Å²) >= 11 is 0. The molecule has 2 rings (SSSR count). The van der Waals surface area contributed by atoms with Crippen molar-refractivity contribution in [1.82, 2.24) is 10.2 Å². The van der Waals surface area contributed by atoms with E-state index < -0.39 is 0 Å². The summed E-state index contributed by atoms with van der Waals surface area (Å²) in [4.78, 5) is 13.6. The number of amides is 1. The average Bonchev–Trinajstić information content (AvgIpc) is 2.47. The standard InChI is InChI=1S/C17H26N2O2/c1-13(15-6-8-17(21-3)9-7-15)11-19-10-4-5-16(12-19)18-14(2)20/h6-9,13,16H,4-5,10-12H2,1-3H3,(H,18,20)/t13-,16-/m1/s1. The minimum absolute atomic E-state index is 0.0741. The summed E-state index contributed by atoms with van der Waals surface area (Å²) in [6.07, 6.45) is 2.24. The number of methoxy groups -OCH3 is 1. The van der Waals surface area contributed by atoms with Gasteiger partial charge in [-0.05, 0) is 43.0 Å². The predicted molar refractivity (Wildman–Crippen MR) is 84.7 cm³/mol. The van der Waals surface area contributed by atoms with Crippen LogP contribution in [0.5, 0.6) is 5.75 Å². The molecule has 1 aromatic carbocycles. The molecule has 1 aliphatic heterocycles. The van der Waals surface area contributed by atoms with Gasteiger partial charge in [-0.15, -0.1) is 0 Å². The number of benzene rings is 1. The third kappa shape index (κ3) is 4.74. The number of piperidine rings is 1. The quantitative estimate of drug-likeness (QED) is 0.905. The highest BCUT2D eigenvalue weighted by molar-refractivity contribution is 5.73. The normalized spacial score (nSPS) is 20.8. The van der Waals surface area contributed by atoms with E-state index in [2.05, 4.69) is 29.3 Å². The van der Waals surface area contributed by atoms with Crippen LogP contribution in [0.2, 0.25) is 0 Å². The highest BCUT2D eigenvalue weighted by Crippen LogP contribution is 2.21. The van der Waals surface area contributed by atoms with Crippen LogP contribution in [0, 0.1) is 0 Å². The van der Waals surface area contributed by atoms with Crippen molar-refractivity contribution < 1.29 is 9.53 Å². The van der Waals surface area contributed by atoms with E-state index >= 15 is 0 Å². The molecule has 116 valence electrons. The first-order valence-electron chi connectivity index (χ1n) is 7.72. The molecule has 0 bridgehead atoms. The molecule has 1 N–H and O–H groups in total. The fraction of sp³-hybridized carbons (Fsp3) is 0.588. The van der Waals surface area contributed by atoms with E-state index in [9.17, 15) is 4.79 Å². The van der Waals surface area contributed by atoms with E-state index in [-0.39, 0.29) is 5.91 Å². The first-order valence-corrected chi connectivity index (χ1v) is 7.72. The molecule has 0 unspecified atom stereocenters. The molecule has 0 aromatic heterocycles. The lowest BCUT2D eigenvalue weighted by atomic mass is 9.98. The Kier molecular flexibility index (Phi) is 5.62. The van der Waals surface area contributed by atoms with E-state index in [1.807, 2.05) is 12.1 Å². The van der Waals surface area contributed by atoms with E-state index in [1.165, 1.54) is 5.56 Å². The second kappa shape index (κ2) is 7.46. The van der Waals surface area contributed by atoms with E-state index in [0.717, 1.165) is 38.2 Å². The lowest BCUT2D eigenvalue weighted by molar-refractivity contribution is -0.120. The molecule has 1 saturated heterocycles.